The number of hydrogen-bond donors (Lipinski definition) is 1. The fraction of sp³-hybridized carbons (Fsp3) is 0.231. The quantitative estimate of drug-likeness (QED) is 0.875. The minimum atomic E-state index is -0.0918. The number of aryl methyl sites for hydroxylation is 1. The Morgan fingerprint density at radius 2 is 2.00 bits per heavy atom. The van der Waals surface area contributed by atoms with Gasteiger partial charge in [-0.25, -0.2) is 9.97 Å². The van der Waals surface area contributed by atoms with E-state index in [9.17, 15) is 0 Å². The average Bonchev–Trinajstić information content (AvgIpc) is 2.37. The van der Waals surface area contributed by atoms with Gasteiger partial charge < -0.3 is 9.84 Å². The molecule has 17 heavy (non-hydrogen) atoms. The maximum atomic E-state index is 9.14. The summed E-state index contributed by atoms with van der Waals surface area (Å²) in [6.07, 6.45) is 0. The summed E-state index contributed by atoms with van der Waals surface area (Å²) in [4.78, 5) is 8.65. The van der Waals surface area contributed by atoms with Crippen molar-refractivity contribution in [2.75, 3.05) is 7.11 Å². The summed E-state index contributed by atoms with van der Waals surface area (Å²) in [6, 6.07) is 9.32. The molecule has 1 aromatic carbocycles. The molecule has 0 saturated heterocycles. The molecule has 0 atom stereocenters. The summed E-state index contributed by atoms with van der Waals surface area (Å²) in [5.74, 6) is 1.30. The molecular formula is C13H14N2O2. The lowest BCUT2D eigenvalue weighted by atomic mass is 10.2. The first kappa shape index (κ1) is 11.5. The molecule has 1 N–H and O–H groups in total. The lowest BCUT2D eigenvalue weighted by molar-refractivity contribution is 0.276. The Bertz CT molecular complexity index is 527. The maximum Gasteiger partial charge on any atom is 0.163 e. The van der Waals surface area contributed by atoms with Crippen molar-refractivity contribution in [2.24, 2.45) is 0 Å². The van der Waals surface area contributed by atoms with Crippen LogP contribution in [0.2, 0.25) is 0 Å². The Labute approximate surface area is 99.9 Å². The number of nitrogens with zero attached hydrogens (tertiary/aromatic N) is 2. The molecule has 0 fully saturated rings. The Kier molecular flexibility index (Phi) is 3.35. The van der Waals surface area contributed by atoms with E-state index in [0.29, 0.717) is 11.5 Å². The SMILES string of the molecule is COc1ccccc1-c1nc(C)cc(CO)n1. The zero-order valence-electron chi connectivity index (χ0n) is 9.84. The van der Waals surface area contributed by atoms with Gasteiger partial charge in [0, 0.05) is 5.69 Å². The summed E-state index contributed by atoms with van der Waals surface area (Å²) in [7, 11) is 1.61. The standard InChI is InChI=1S/C13H14N2O2/c1-9-7-10(8-16)15-13(14-9)11-5-3-4-6-12(11)17-2/h3-7,16H,8H2,1-2H3. The highest BCUT2D eigenvalue weighted by Crippen LogP contribution is 2.26. The van der Waals surface area contributed by atoms with Crippen LogP contribution in [-0.4, -0.2) is 22.2 Å². The Hall–Kier alpha value is -1.94. The largest absolute Gasteiger partial charge is 0.496 e. The van der Waals surface area contributed by atoms with Crippen LogP contribution in [0.5, 0.6) is 5.75 Å². The highest BCUT2D eigenvalue weighted by Gasteiger charge is 2.09. The minimum Gasteiger partial charge on any atom is -0.496 e. The van der Waals surface area contributed by atoms with Crippen molar-refractivity contribution in [3.63, 3.8) is 0 Å². The Morgan fingerprint density at radius 1 is 1.24 bits per heavy atom. The number of aliphatic hydroxyl groups excluding tert-OH is 1. The van der Waals surface area contributed by atoms with Crippen LogP contribution in [0.1, 0.15) is 11.4 Å². The number of aromatic nitrogens is 2. The van der Waals surface area contributed by atoms with E-state index in [4.69, 9.17) is 9.84 Å². The van der Waals surface area contributed by atoms with E-state index < -0.39 is 0 Å². The molecule has 0 bridgehead atoms. The van der Waals surface area contributed by atoms with Gasteiger partial charge in [0.15, 0.2) is 5.82 Å². The van der Waals surface area contributed by atoms with Crippen LogP contribution >= 0.6 is 0 Å². The lowest BCUT2D eigenvalue weighted by Crippen LogP contribution is -1.99. The molecule has 0 amide bonds. The van der Waals surface area contributed by atoms with E-state index in [1.807, 2.05) is 31.2 Å². The molecule has 0 spiro atoms. The van der Waals surface area contributed by atoms with E-state index >= 15 is 0 Å². The molecule has 2 rings (SSSR count). The maximum absolute atomic E-state index is 9.14. The van der Waals surface area contributed by atoms with Crippen molar-refractivity contribution >= 4 is 0 Å². The molecule has 1 aromatic heterocycles. The molecule has 0 aliphatic rings. The van der Waals surface area contributed by atoms with Crippen LogP contribution in [0.4, 0.5) is 0 Å². The fourth-order valence-corrected chi connectivity index (χ4v) is 1.66. The van der Waals surface area contributed by atoms with Crippen molar-refractivity contribution in [2.45, 2.75) is 13.5 Å². The van der Waals surface area contributed by atoms with Crippen molar-refractivity contribution in [1.82, 2.24) is 9.97 Å². The second-order valence-corrected chi connectivity index (χ2v) is 3.68. The predicted molar refractivity (Wildman–Crippen MR) is 64.7 cm³/mol. The third-order valence-corrected chi connectivity index (χ3v) is 2.42. The first-order valence-electron chi connectivity index (χ1n) is 5.33. The molecule has 0 aliphatic heterocycles. The number of rotatable bonds is 3. The molecule has 0 radical (unpaired) electrons. The van der Waals surface area contributed by atoms with Crippen LogP contribution in [0.25, 0.3) is 11.4 Å². The van der Waals surface area contributed by atoms with Crippen molar-refractivity contribution in [1.29, 1.82) is 0 Å². The summed E-state index contributed by atoms with van der Waals surface area (Å²) >= 11 is 0. The molecule has 88 valence electrons. The van der Waals surface area contributed by atoms with Gasteiger partial charge in [-0.3, -0.25) is 0 Å². The molecule has 4 nitrogen and oxygen atoms in total. The van der Waals surface area contributed by atoms with Gasteiger partial charge in [0.05, 0.1) is 25.0 Å². The van der Waals surface area contributed by atoms with Crippen LogP contribution in [0, 0.1) is 6.92 Å². The third kappa shape index (κ3) is 2.42. The summed E-state index contributed by atoms with van der Waals surface area (Å²) in [5.41, 5.74) is 2.26. The van der Waals surface area contributed by atoms with Crippen LogP contribution in [0.3, 0.4) is 0 Å². The van der Waals surface area contributed by atoms with Crippen molar-refractivity contribution < 1.29 is 9.84 Å². The third-order valence-electron chi connectivity index (χ3n) is 2.42. The number of ether oxygens (including phenoxy) is 1. The Morgan fingerprint density at radius 3 is 2.71 bits per heavy atom. The van der Waals surface area contributed by atoms with Crippen molar-refractivity contribution in [3.8, 4) is 17.1 Å². The van der Waals surface area contributed by atoms with Crippen molar-refractivity contribution in [3.05, 3.63) is 41.7 Å². The predicted octanol–water partition coefficient (Wildman–Crippen LogP) is 1.95. The lowest BCUT2D eigenvalue weighted by Gasteiger charge is -2.08. The molecule has 1 heterocycles. The first-order chi connectivity index (χ1) is 8.24. The van der Waals surface area contributed by atoms with Gasteiger partial charge in [0.25, 0.3) is 0 Å². The van der Waals surface area contributed by atoms with E-state index in [0.717, 1.165) is 17.0 Å². The Balaban J connectivity index is 2.55. The zero-order valence-corrected chi connectivity index (χ0v) is 9.84. The first-order valence-corrected chi connectivity index (χ1v) is 5.33. The zero-order chi connectivity index (χ0) is 12.3. The number of hydrogen-bond acceptors (Lipinski definition) is 4. The van der Waals surface area contributed by atoms with Gasteiger partial charge in [-0.1, -0.05) is 12.1 Å². The van der Waals surface area contributed by atoms with Crippen LogP contribution in [0.15, 0.2) is 30.3 Å². The van der Waals surface area contributed by atoms with Crippen LogP contribution < -0.4 is 4.74 Å². The summed E-state index contributed by atoms with van der Waals surface area (Å²) < 4.78 is 5.27. The van der Waals surface area contributed by atoms with E-state index in [-0.39, 0.29) is 6.61 Å². The highest BCUT2D eigenvalue weighted by molar-refractivity contribution is 5.64. The van der Waals surface area contributed by atoms with Gasteiger partial charge in [-0.15, -0.1) is 0 Å². The molecule has 2 aromatic rings. The number of benzene rings is 1. The summed E-state index contributed by atoms with van der Waals surface area (Å²) in [5, 5.41) is 9.14. The number of para-hydroxylation sites is 1. The molecule has 4 heteroatoms. The van der Waals surface area contributed by atoms with E-state index in [1.165, 1.54) is 0 Å². The van der Waals surface area contributed by atoms with Gasteiger partial charge in [-0.2, -0.15) is 0 Å². The second-order valence-electron chi connectivity index (χ2n) is 3.68. The van der Waals surface area contributed by atoms with Gasteiger partial charge >= 0.3 is 0 Å². The fourth-order valence-electron chi connectivity index (χ4n) is 1.66. The normalized spacial score (nSPS) is 10.3. The highest BCUT2D eigenvalue weighted by atomic mass is 16.5. The second kappa shape index (κ2) is 4.93. The van der Waals surface area contributed by atoms with E-state index in [2.05, 4.69) is 9.97 Å². The van der Waals surface area contributed by atoms with Gasteiger partial charge in [-0.05, 0) is 25.1 Å². The molecule has 0 saturated carbocycles. The summed E-state index contributed by atoms with van der Waals surface area (Å²) in [6.45, 7) is 1.78. The van der Waals surface area contributed by atoms with Gasteiger partial charge in [0.2, 0.25) is 0 Å². The number of methoxy groups -OCH3 is 1. The minimum absolute atomic E-state index is 0.0918. The monoisotopic (exact) mass is 230 g/mol. The average molecular weight is 230 g/mol. The molecule has 0 unspecified atom stereocenters. The van der Waals surface area contributed by atoms with Gasteiger partial charge in [0.1, 0.15) is 5.75 Å². The smallest absolute Gasteiger partial charge is 0.163 e. The molecule has 0 aliphatic carbocycles. The topological polar surface area (TPSA) is 55.2 Å². The van der Waals surface area contributed by atoms with Crippen LogP contribution in [-0.2, 0) is 6.61 Å². The van der Waals surface area contributed by atoms with E-state index in [1.54, 1.807) is 13.2 Å². The molecular weight excluding hydrogens is 216 g/mol. The number of aliphatic hydroxyl groups is 1.